The van der Waals surface area contributed by atoms with Crippen LogP contribution in [0.3, 0.4) is 0 Å². The summed E-state index contributed by atoms with van der Waals surface area (Å²) in [5.74, 6) is 1.04. The van der Waals surface area contributed by atoms with Gasteiger partial charge in [-0.3, -0.25) is 4.79 Å². The number of nitrogens with one attached hydrogen (secondary N) is 1. The molecule has 0 aromatic heterocycles. The molecular weight excluding hydrogens is 246 g/mol. The second-order valence-electron chi connectivity index (χ2n) is 5.78. The van der Waals surface area contributed by atoms with Crippen LogP contribution in [0.5, 0.6) is 0 Å². The van der Waals surface area contributed by atoms with Gasteiger partial charge in [-0.15, -0.1) is 0 Å². The average Bonchev–Trinajstić information content (AvgIpc) is 2.29. The van der Waals surface area contributed by atoms with Crippen LogP contribution in [-0.4, -0.2) is 35.7 Å². The quantitative estimate of drug-likeness (QED) is 0.749. The summed E-state index contributed by atoms with van der Waals surface area (Å²) < 4.78 is 0. The van der Waals surface area contributed by atoms with Crippen LogP contribution in [-0.2, 0) is 4.79 Å². The standard InChI is InChI=1S/C14H27NO2S/c1-14(7-4-3-5-8-14)10-13(17)15-12(6-9-16)11-18-2/h12,16H,3-11H2,1-2H3,(H,15,17). The lowest BCUT2D eigenvalue weighted by atomic mass is 9.73. The molecule has 1 atom stereocenters. The number of amides is 1. The zero-order valence-electron chi connectivity index (χ0n) is 11.7. The largest absolute Gasteiger partial charge is 0.396 e. The number of aliphatic hydroxyl groups excluding tert-OH is 1. The van der Waals surface area contributed by atoms with Crippen LogP contribution in [0.1, 0.15) is 51.9 Å². The van der Waals surface area contributed by atoms with E-state index in [1.807, 2.05) is 6.26 Å². The number of hydrogen-bond donors (Lipinski definition) is 2. The molecule has 1 fully saturated rings. The highest BCUT2D eigenvalue weighted by Gasteiger charge is 2.29. The maximum Gasteiger partial charge on any atom is 0.220 e. The van der Waals surface area contributed by atoms with Crippen molar-refractivity contribution >= 4 is 17.7 Å². The Morgan fingerprint density at radius 3 is 2.61 bits per heavy atom. The van der Waals surface area contributed by atoms with E-state index in [1.54, 1.807) is 11.8 Å². The van der Waals surface area contributed by atoms with E-state index in [9.17, 15) is 4.79 Å². The van der Waals surface area contributed by atoms with E-state index in [1.165, 1.54) is 32.1 Å². The van der Waals surface area contributed by atoms with Crippen molar-refractivity contribution in [1.29, 1.82) is 0 Å². The highest BCUT2D eigenvalue weighted by atomic mass is 32.2. The number of hydrogen-bond acceptors (Lipinski definition) is 3. The van der Waals surface area contributed by atoms with Gasteiger partial charge in [-0.2, -0.15) is 11.8 Å². The van der Waals surface area contributed by atoms with Gasteiger partial charge in [0.15, 0.2) is 0 Å². The maximum absolute atomic E-state index is 12.1. The molecule has 1 amide bonds. The summed E-state index contributed by atoms with van der Waals surface area (Å²) in [7, 11) is 0. The molecule has 0 spiro atoms. The third-order valence-corrected chi connectivity index (χ3v) is 4.59. The van der Waals surface area contributed by atoms with Gasteiger partial charge >= 0.3 is 0 Å². The van der Waals surface area contributed by atoms with Crippen molar-refractivity contribution in [2.24, 2.45) is 5.41 Å². The molecule has 1 aliphatic rings. The van der Waals surface area contributed by atoms with Crippen LogP contribution in [0.25, 0.3) is 0 Å². The molecule has 1 saturated carbocycles. The highest BCUT2D eigenvalue weighted by molar-refractivity contribution is 7.98. The van der Waals surface area contributed by atoms with Crippen LogP contribution >= 0.6 is 11.8 Å². The SMILES string of the molecule is CSCC(CCO)NC(=O)CC1(C)CCCCC1. The van der Waals surface area contributed by atoms with E-state index in [0.29, 0.717) is 12.8 Å². The molecule has 0 saturated heterocycles. The molecule has 0 aliphatic heterocycles. The lowest BCUT2D eigenvalue weighted by Crippen LogP contribution is -2.40. The number of aliphatic hydroxyl groups is 1. The van der Waals surface area contributed by atoms with Crippen molar-refractivity contribution in [3.05, 3.63) is 0 Å². The molecule has 4 heteroatoms. The third-order valence-electron chi connectivity index (χ3n) is 3.86. The van der Waals surface area contributed by atoms with Gasteiger partial charge in [0.1, 0.15) is 0 Å². The Labute approximate surface area is 115 Å². The molecule has 3 nitrogen and oxygen atoms in total. The first-order valence-electron chi connectivity index (χ1n) is 6.99. The van der Waals surface area contributed by atoms with Crippen LogP contribution < -0.4 is 5.32 Å². The molecule has 1 aliphatic carbocycles. The van der Waals surface area contributed by atoms with E-state index in [4.69, 9.17) is 5.11 Å². The summed E-state index contributed by atoms with van der Waals surface area (Å²) >= 11 is 1.71. The van der Waals surface area contributed by atoms with E-state index in [2.05, 4.69) is 12.2 Å². The van der Waals surface area contributed by atoms with E-state index < -0.39 is 0 Å². The number of rotatable bonds is 7. The normalized spacial score (nSPS) is 20.4. The minimum absolute atomic E-state index is 0.115. The fourth-order valence-corrected chi connectivity index (χ4v) is 3.45. The van der Waals surface area contributed by atoms with Gasteiger partial charge in [-0.25, -0.2) is 0 Å². The Kier molecular flexibility index (Phi) is 7.08. The number of thioether (sulfide) groups is 1. The number of carbonyl (C=O) groups is 1. The van der Waals surface area contributed by atoms with Crippen LogP contribution in [0.4, 0.5) is 0 Å². The van der Waals surface area contributed by atoms with Crippen molar-refractivity contribution < 1.29 is 9.90 Å². The Morgan fingerprint density at radius 2 is 2.06 bits per heavy atom. The van der Waals surface area contributed by atoms with Gasteiger partial charge in [0.25, 0.3) is 0 Å². The predicted octanol–water partition coefficient (Wildman–Crippen LogP) is 2.58. The van der Waals surface area contributed by atoms with Crippen molar-refractivity contribution in [3.63, 3.8) is 0 Å². The lowest BCUT2D eigenvalue weighted by molar-refractivity contribution is -0.124. The fraction of sp³-hybridized carbons (Fsp3) is 0.929. The monoisotopic (exact) mass is 273 g/mol. The molecule has 18 heavy (non-hydrogen) atoms. The third kappa shape index (κ3) is 5.61. The maximum atomic E-state index is 12.1. The van der Waals surface area contributed by atoms with E-state index >= 15 is 0 Å². The first-order valence-corrected chi connectivity index (χ1v) is 8.38. The molecule has 0 aromatic carbocycles. The van der Waals surface area contributed by atoms with Gasteiger partial charge in [0.05, 0.1) is 0 Å². The minimum Gasteiger partial charge on any atom is -0.396 e. The van der Waals surface area contributed by atoms with Crippen LogP contribution in [0.2, 0.25) is 0 Å². The van der Waals surface area contributed by atoms with Crippen molar-refractivity contribution in [2.45, 2.75) is 57.9 Å². The Morgan fingerprint density at radius 1 is 1.39 bits per heavy atom. The van der Waals surface area contributed by atoms with E-state index in [0.717, 1.165) is 5.75 Å². The Hall–Kier alpha value is -0.220. The molecule has 1 unspecified atom stereocenters. The Balaban J connectivity index is 2.38. The first-order chi connectivity index (χ1) is 8.59. The molecule has 106 valence electrons. The van der Waals surface area contributed by atoms with E-state index in [-0.39, 0.29) is 24.0 Å². The highest BCUT2D eigenvalue weighted by Crippen LogP contribution is 2.38. The second-order valence-corrected chi connectivity index (χ2v) is 6.69. The summed E-state index contributed by atoms with van der Waals surface area (Å²) in [6.45, 7) is 2.38. The zero-order chi connectivity index (χ0) is 13.4. The van der Waals surface area contributed by atoms with Crippen molar-refractivity contribution in [3.8, 4) is 0 Å². The second kappa shape index (κ2) is 8.05. The summed E-state index contributed by atoms with van der Waals surface area (Å²) in [4.78, 5) is 12.1. The molecular formula is C14H27NO2S. The molecule has 1 rings (SSSR count). The zero-order valence-corrected chi connectivity index (χ0v) is 12.5. The average molecular weight is 273 g/mol. The van der Waals surface area contributed by atoms with Gasteiger partial charge in [0, 0.05) is 24.8 Å². The summed E-state index contributed by atoms with van der Waals surface area (Å²) in [5, 5.41) is 12.1. The van der Waals surface area contributed by atoms with Gasteiger partial charge < -0.3 is 10.4 Å². The molecule has 0 aromatic rings. The molecule has 0 heterocycles. The summed E-state index contributed by atoms with van der Waals surface area (Å²) in [6.07, 6.45) is 9.51. The van der Waals surface area contributed by atoms with Crippen molar-refractivity contribution in [1.82, 2.24) is 5.32 Å². The smallest absolute Gasteiger partial charge is 0.220 e. The van der Waals surface area contributed by atoms with Gasteiger partial charge in [-0.05, 0) is 30.9 Å². The summed E-state index contributed by atoms with van der Waals surface area (Å²) in [5.41, 5.74) is 0.200. The molecule has 0 radical (unpaired) electrons. The lowest BCUT2D eigenvalue weighted by Gasteiger charge is -2.33. The van der Waals surface area contributed by atoms with Gasteiger partial charge in [0.2, 0.25) is 5.91 Å². The first kappa shape index (κ1) is 15.8. The summed E-state index contributed by atoms with van der Waals surface area (Å²) in [6, 6.07) is 0.115. The van der Waals surface area contributed by atoms with Crippen molar-refractivity contribution in [2.75, 3.05) is 18.6 Å². The molecule has 2 N–H and O–H groups in total. The van der Waals surface area contributed by atoms with Crippen LogP contribution in [0.15, 0.2) is 0 Å². The number of carbonyl (C=O) groups excluding carboxylic acids is 1. The molecule has 0 bridgehead atoms. The van der Waals surface area contributed by atoms with Crippen LogP contribution in [0, 0.1) is 5.41 Å². The topological polar surface area (TPSA) is 49.3 Å². The minimum atomic E-state index is 0.115. The fourth-order valence-electron chi connectivity index (χ4n) is 2.80. The predicted molar refractivity (Wildman–Crippen MR) is 77.8 cm³/mol. The Bertz CT molecular complexity index is 246. The van der Waals surface area contributed by atoms with Gasteiger partial charge in [-0.1, -0.05) is 26.2 Å².